The van der Waals surface area contributed by atoms with E-state index in [1.165, 1.54) is 33.4 Å². The maximum Gasteiger partial charge on any atom is 2.00 e. The molecule has 484 valence electrons. The largest absolute Gasteiger partial charge is 2.00 e. The topological polar surface area (TPSA) is 192 Å². The molecule has 0 amide bonds. The summed E-state index contributed by atoms with van der Waals surface area (Å²) in [5, 5.41) is 0. The molecule has 6 aromatic heterocycles. The summed E-state index contributed by atoms with van der Waals surface area (Å²) < 4.78 is 64.1. The fraction of sp³-hybridized carbons (Fsp3) is 0.154. The Kier molecular flexibility index (Phi) is 27.1. The molecule has 95 heavy (non-hydrogen) atoms. The fourth-order valence-corrected chi connectivity index (χ4v) is 21.0. The van der Waals surface area contributed by atoms with Crippen molar-refractivity contribution in [3.63, 3.8) is 0 Å². The quantitative estimate of drug-likeness (QED) is 0.0698. The maximum atomic E-state index is 10.7. The van der Waals surface area contributed by atoms with Gasteiger partial charge in [0.1, 0.15) is 0 Å². The van der Waals surface area contributed by atoms with E-state index in [4.69, 9.17) is 0 Å². The van der Waals surface area contributed by atoms with Gasteiger partial charge in [-0.3, -0.25) is 29.9 Å². The first-order chi connectivity index (χ1) is 45.1. The Bertz CT molecular complexity index is 3880. The van der Waals surface area contributed by atoms with Crippen LogP contribution in [0.25, 0.3) is 101 Å². The third-order valence-corrected chi connectivity index (χ3v) is 28.1. The number of nitrogens with zero attached hydrogens (tertiary/aromatic N) is 6. The fourth-order valence-electron chi connectivity index (χ4n) is 10.8. The van der Waals surface area contributed by atoms with Crippen LogP contribution in [0.4, 0.5) is 0 Å². The van der Waals surface area contributed by atoms with Gasteiger partial charge in [0, 0.05) is 46.9 Å². The van der Waals surface area contributed by atoms with Crippen molar-refractivity contribution in [2.45, 2.75) is 75.7 Å². The molecule has 0 aliphatic carbocycles. The summed E-state index contributed by atoms with van der Waals surface area (Å²) >= 11 is 0. The Hall–Kier alpha value is -8.90. The van der Waals surface area contributed by atoms with E-state index in [1.807, 2.05) is 222 Å². The molecule has 2 atom stereocenters. The van der Waals surface area contributed by atoms with Crippen molar-refractivity contribution in [3.05, 3.63) is 292 Å². The van der Waals surface area contributed by atoms with E-state index < -0.39 is 46.1 Å². The van der Waals surface area contributed by atoms with E-state index in [0.717, 1.165) is 67.5 Å². The van der Waals surface area contributed by atoms with Crippen LogP contribution in [-0.4, -0.2) is 81.7 Å². The molecule has 6 aromatic carbocycles. The molecule has 17 heteroatoms. The van der Waals surface area contributed by atoms with E-state index in [1.54, 1.807) is 13.8 Å². The van der Waals surface area contributed by atoms with Gasteiger partial charge in [0.05, 0.1) is 70.5 Å². The van der Waals surface area contributed by atoms with Crippen molar-refractivity contribution >= 4 is 36.4 Å². The van der Waals surface area contributed by atoms with Crippen LogP contribution >= 0.6 is 0 Å². The standard InChI is InChI=1S/3C22H16N2.2C6H16O3SSi.Ru/c3*1-3-7-17(8-4-1)19-11-13-23-21(15-19)22-16-20(12-14-24-22)18-9-5-2-6-10-18;2*1-5-6(10(7,8)9)11(2,3)4;/h3*1-16H;2*6H,5H2,1-4H3,(H,7,8,9);/q;;;;;+2/p-2. The number of aromatic nitrogens is 6. The van der Waals surface area contributed by atoms with Gasteiger partial charge < -0.3 is 9.11 Å². The van der Waals surface area contributed by atoms with Crippen molar-refractivity contribution in [3.8, 4) is 101 Å². The zero-order valence-electron chi connectivity index (χ0n) is 54.6. The molecule has 0 aliphatic heterocycles. The van der Waals surface area contributed by atoms with Crippen LogP contribution in [0.2, 0.25) is 39.3 Å². The SMILES string of the molecule is CCC([Si](C)(C)C)S(=O)(=O)[O-].CCC([Si](C)(C)C)S(=O)(=O)[O-].[Ru+2].c1ccc(-c2ccnc(-c3cc(-c4ccccc4)ccn3)c2)cc1.c1ccc(-c2ccnc(-c3cc(-c4ccccc4)ccn3)c2)cc1.c1ccc(-c2ccnc(-c3cc(-c4ccccc4)ccn3)c2)cc1. The minimum Gasteiger partial charge on any atom is -0.748 e. The molecule has 0 saturated heterocycles. The second-order valence-electron chi connectivity index (χ2n) is 24.3. The number of rotatable bonds is 15. The minimum atomic E-state index is -4.06. The number of benzene rings is 6. The van der Waals surface area contributed by atoms with E-state index in [2.05, 4.69) is 139 Å². The summed E-state index contributed by atoms with van der Waals surface area (Å²) in [6.07, 6.45) is 11.9. The Balaban J connectivity index is 0.000000174. The Morgan fingerprint density at radius 1 is 0.274 bits per heavy atom. The van der Waals surface area contributed by atoms with Crippen LogP contribution in [0.5, 0.6) is 0 Å². The van der Waals surface area contributed by atoms with Gasteiger partial charge in [-0.05, 0) is 152 Å². The summed E-state index contributed by atoms with van der Waals surface area (Å²) in [4.78, 5) is 25.8. The number of hydrogen-bond acceptors (Lipinski definition) is 12. The first kappa shape index (κ1) is 73.5. The van der Waals surface area contributed by atoms with Crippen molar-refractivity contribution in [1.29, 1.82) is 0 Å². The molecule has 0 bridgehead atoms. The molecule has 0 spiro atoms. The van der Waals surface area contributed by atoms with Crippen LogP contribution in [0.1, 0.15) is 26.7 Å². The summed E-state index contributed by atoms with van der Waals surface area (Å²) in [6, 6.07) is 86.6. The molecule has 0 N–H and O–H groups in total. The van der Waals surface area contributed by atoms with Gasteiger partial charge in [0.2, 0.25) is 0 Å². The normalized spacial score (nSPS) is 11.8. The second-order valence-corrected chi connectivity index (χ2v) is 39.1. The predicted molar refractivity (Wildman–Crippen MR) is 389 cm³/mol. The monoisotopic (exact) mass is 1420 g/mol. The molecule has 0 aliphatic rings. The number of hydrogen-bond donors (Lipinski definition) is 0. The summed E-state index contributed by atoms with van der Waals surface area (Å²) in [6.45, 7) is 14.9. The average Bonchev–Trinajstić information content (AvgIpc) is 0.890. The summed E-state index contributed by atoms with van der Waals surface area (Å²) in [5.74, 6) is 0. The van der Waals surface area contributed by atoms with Gasteiger partial charge >= 0.3 is 19.5 Å². The third kappa shape index (κ3) is 22.1. The minimum absolute atomic E-state index is 0. The van der Waals surface area contributed by atoms with Crippen molar-refractivity contribution in [2.75, 3.05) is 0 Å². The first-order valence-corrected chi connectivity index (χ1v) is 41.2. The molecule has 0 saturated carbocycles. The number of pyridine rings is 6. The van der Waals surface area contributed by atoms with Gasteiger partial charge in [-0.15, -0.1) is 0 Å². The van der Waals surface area contributed by atoms with Gasteiger partial charge in [-0.2, -0.15) is 0 Å². The second kappa shape index (κ2) is 35.0. The molecule has 0 fully saturated rings. The van der Waals surface area contributed by atoms with Crippen LogP contribution in [0.3, 0.4) is 0 Å². The van der Waals surface area contributed by atoms with Crippen LogP contribution in [-0.2, 0) is 39.7 Å². The smallest absolute Gasteiger partial charge is 0.748 e. The molecule has 12 rings (SSSR count). The van der Waals surface area contributed by atoms with E-state index in [-0.39, 0.29) is 19.5 Å². The van der Waals surface area contributed by atoms with Crippen molar-refractivity contribution in [2.24, 2.45) is 0 Å². The molecular weight excluding hydrogens is 1340 g/mol. The Morgan fingerprint density at radius 3 is 0.526 bits per heavy atom. The third-order valence-electron chi connectivity index (χ3n) is 15.4. The maximum absolute atomic E-state index is 10.7. The van der Waals surface area contributed by atoms with Gasteiger partial charge in [0.15, 0.2) is 0 Å². The van der Waals surface area contributed by atoms with E-state index >= 15 is 0 Å². The molecule has 6 heterocycles. The average molecular weight is 1420 g/mol. The molecule has 0 radical (unpaired) electrons. The molecule has 12 aromatic rings. The van der Waals surface area contributed by atoms with Gasteiger partial charge in [-0.25, -0.2) is 16.8 Å². The molecular formula is C78H78N6O6RuS2Si2. The van der Waals surface area contributed by atoms with Crippen LogP contribution in [0, 0.1) is 0 Å². The van der Waals surface area contributed by atoms with Gasteiger partial charge in [0.25, 0.3) is 0 Å². The van der Waals surface area contributed by atoms with E-state index in [9.17, 15) is 25.9 Å². The molecule has 2 unspecified atom stereocenters. The first-order valence-electron chi connectivity index (χ1n) is 31.1. The van der Waals surface area contributed by atoms with Crippen molar-refractivity contribution in [1.82, 2.24) is 29.9 Å². The van der Waals surface area contributed by atoms with Crippen molar-refractivity contribution < 1.29 is 45.4 Å². The zero-order chi connectivity index (χ0) is 67.1. The summed E-state index contributed by atoms with van der Waals surface area (Å²) in [7, 11) is -11.8. The zero-order valence-corrected chi connectivity index (χ0v) is 60.0. The van der Waals surface area contributed by atoms with Crippen LogP contribution < -0.4 is 0 Å². The Labute approximate surface area is 576 Å². The summed E-state index contributed by atoms with van der Waals surface area (Å²) in [5.41, 5.74) is 19.3. The van der Waals surface area contributed by atoms with E-state index in [0.29, 0.717) is 12.8 Å². The van der Waals surface area contributed by atoms with Gasteiger partial charge in [-0.1, -0.05) is 235 Å². The Morgan fingerprint density at radius 2 is 0.421 bits per heavy atom. The molecule has 12 nitrogen and oxygen atoms in total. The predicted octanol–water partition coefficient (Wildman–Crippen LogP) is 18.8. The van der Waals surface area contributed by atoms with Crippen LogP contribution in [0.15, 0.2) is 292 Å².